The van der Waals surface area contributed by atoms with Gasteiger partial charge in [0.2, 0.25) is 0 Å². The van der Waals surface area contributed by atoms with E-state index in [0.29, 0.717) is 5.02 Å². The molecule has 1 saturated carbocycles. The van der Waals surface area contributed by atoms with E-state index in [4.69, 9.17) is 16.3 Å². The number of ether oxygens (including phenoxy) is 1. The summed E-state index contributed by atoms with van der Waals surface area (Å²) in [6.45, 7) is 0.0573. The van der Waals surface area contributed by atoms with Crippen molar-refractivity contribution in [2.24, 2.45) is 5.41 Å². The number of rotatable bonds is 5. The Bertz CT molecular complexity index is 922. The second-order valence-electron chi connectivity index (χ2n) is 6.03. The van der Waals surface area contributed by atoms with Gasteiger partial charge in [-0.1, -0.05) is 39.7 Å². The first-order valence-corrected chi connectivity index (χ1v) is 10.2. The molecule has 7 heteroatoms. The summed E-state index contributed by atoms with van der Waals surface area (Å²) >= 11 is 9.23. The van der Waals surface area contributed by atoms with E-state index in [9.17, 15) is 13.7 Å². The zero-order chi connectivity index (χ0) is 18.2. The molecule has 0 spiro atoms. The normalized spacial score (nSPS) is 25.4. The maximum atomic E-state index is 13.1. The lowest BCUT2D eigenvalue weighted by molar-refractivity contribution is 0.162. The molecule has 2 aromatic rings. The van der Waals surface area contributed by atoms with E-state index in [-0.39, 0.29) is 11.5 Å². The molecule has 1 aliphatic rings. The van der Waals surface area contributed by atoms with Gasteiger partial charge in [0.25, 0.3) is 0 Å². The highest BCUT2D eigenvalue weighted by Crippen LogP contribution is 2.63. The molecule has 0 amide bonds. The zero-order valence-corrected chi connectivity index (χ0v) is 16.5. The van der Waals surface area contributed by atoms with Crippen LogP contribution in [0.4, 0.5) is 0 Å². The van der Waals surface area contributed by atoms with Gasteiger partial charge in [-0.25, -0.2) is 8.42 Å². The predicted octanol–water partition coefficient (Wildman–Crippen LogP) is 4.20. The topological polar surface area (TPSA) is 67.2 Å². The Morgan fingerprint density at radius 2 is 1.80 bits per heavy atom. The highest BCUT2D eigenvalue weighted by atomic mass is 79.9. The average molecular weight is 441 g/mol. The second kappa shape index (κ2) is 6.73. The maximum Gasteiger partial charge on any atom is 0.183 e. The molecule has 0 aliphatic heterocycles. The predicted molar refractivity (Wildman–Crippen MR) is 99.2 cm³/mol. The molecule has 0 saturated heterocycles. The van der Waals surface area contributed by atoms with Crippen LogP contribution in [0.5, 0.6) is 0 Å². The third-order valence-electron chi connectivity index (χ3n) is 4.55. The fraction of sp³-hybridized carbons (Fsp3) is 0.278. The number of methoxy groups -OCH3 is 1. The van der Waals surface area contributed by atoms with E-state index in [1.54, 1.807) is 0 Å². The number of halogens is 2. The van der Waals surface area contributed by atoms with Crippen molar-refractivity contribution >= 4 is 37.4 Å². The lowest BCUT2D eigenvalue weighted by Gasteiger charge is -2.08. The van der Waals surface area contributed by atoms with Crippen LogP contribution < -0.4 is 0 Å². The van der Waals surface area contributed by atoms with Crippen molar-refractivity contribution < 1.29 is 13.2 Å². The lowest BCUT2D eigenvalue weighted by Crippen LogP contribution is -2.19. The molecule has 130 valence electrons. The molecule has 3 atom stereocenters. The molecule has 3 rings (SSSR count). The number of sulfone groups is 1. The van der Waals surface area contributed by atoms with Gasteiger partial charge >= 0.3 is 0 Å². The van der Waals surface area contributed by atoms with E-state index >= 15 is 0 Å². The summed E-state index contributed by atoms with van der Waals surface area (Å²) in [5.41, 5.74) is -0.287. The van der Waals surface area contributed by atoms with Gasteiger partial charge in [0.15, 0.2) is 9.84 Å². The summed E-state index contributed by atoms with van der Waals surface area (Å²) in [6, 6.07) is 15.6. The van der Waals surface area contributed by atoms with E-state index in [0.717, 1.165) is 10.0 Å². The molecule has 0 radical (unpaired) electrons. The summed E-state index contributed by atoms with van der Waals surface area (Å²) < 4.78 is 32.4. The molecule has 0 heterocycles. The Hall–Kier alpha value is -1.39. The van der Waals surface area contributed by atoms with Gasteiger partial charge in [0.1, 0.15) is 5.41 Å². The third-order valence-corrected chi connectivity index (χ3v) is 7.62. The first-order valence-electron chi connectivity index (χ1n) is 7.52. The van der Waals surface area contributed by atoms with Gasteiger partial charge in [-0.3, -0.25) is 0 Å². The average Bonchev–Trinajstić information content (AvgIpc) is 3.26. The minimum Gasteiger partial charge on any atom is -0.383 e. The van der Waals surface area contributed by atoms with Crippen molar-refractivity contribution in [2.75, 3.05) is 13.7 Å². The van der Waals surface area contributed by atoms with E-state index < -0.39 is 26.4 Å². The highest BCUT2D eigenvalue weighted by Gasteiger charge is 2.72. The summed E-state index contributed by atoms with van der Waals surface area (Å²) in [7, 11) is -2.23. The van der Waals surface area contributed by atoms with Crippen LogP contribution in [0.15, 0.2) is 57.9 Å². The molecular formula is C18H15BrClNO3S. The molecule has 4 nitrogen and oxygen atoms in total. The van der Waals surface area contributed by atoms with Crippen molar-refractivity contribution in [2.45, 2.75) is 16.1 Å². The molecule has 1 fully saturated rings. The zero-order valence-electron chi connectivity index (χ0n) is 13.3. The van der Waals surface area contributed by atoms with Gasteiger partial charge < -0.3 is 4.74 Å². The lowest BCUT2D eigenvalue weighted by atomic mass is 10.0. The summed E-state index contributed by atoms with van der Waals surface area (Å²) in [4.78, 5) is 0.164. The van der Waals surface area contributed by atoms with Gasteiger partial charge in [0, 0.05) is 22.5 Å². The monoisotopic (exact) mass is 439 g/mol. The number of benzene rings is 2. The Morgan fingerprint density at radius 3 is 2.32 bits per heavy atom. The largest absolute Gasteiger partial charge is 0.383 e. The molecule has 0 bridgehead atoms. The number of hydrogen-bond donors (Lipinski definition) is 0. The second-order valence-corrected chi connectivity index (χ2v) is 9.46. The van der Waals surface area contributed by atoms with Gasteiger partial charge in [-0.2, -0.15) is 5.26 Å². The Morgan fingerprint density at radius 1 is 1.20 bits per heavy atom. The third kappa shape index (κ3) is 3.11. The number of nitrogens with zero attached hydrogens (tertiary/aromatic N) is 1. The van der Waals surface area contributed by atoms with Crippen LogP contribution in [-0.2, 0) is 14.6 Å². The molecule has 0 aromatic heterocycles. The standard InChI is InChI=1S/C18H15BrClNO3S/c1-24-11-18(10-21)16(12-2-4-13(19)5-3-12)17(18)25(22,23)15-8-6-14(20)7-9-15/h2-9,16-17H,11H2,1H3. The van der Waals surface area contributed by atoms with Crippen LogP contribution in [0.1, 0.15) is 11.5 Å². The minimum atomic E-state index is -3.70. The molecule has 3 unspecified atom stereocenters. The summed E-state index contributed by atoms with van der Waals surface area (Å²) in [5, 5.41) is 9.38. The molecule has 0 N–H and O–H groups in total. The first-order chi connectivity index (χ1) is 11.9. The van der Waals surface area contributed by atoms with Crippen molar-refractivity contribution in [3.63, 3.8) is 0 Å². The van der Waals surface area contributed by atoms with Gasteiger partial charge in [-0.15, -0.1) is 0 Å². The van der Waals surface area contributed by atoms with Crippen molar-refractivity contribution in [1.82, 2.24) is 0 Å². The quantitative estimate of drug-likeness (QED) is 0.699. The SMILES string of the molecule is COCC1(C#N)C(c2ccc(Br)cc2)C1S(=O)(=O)c1ccc(Cl)cc1. The molecule has 25 heavy (non-hydrogen) atoms. The minimum absolute atomic E-state index is 0.0573. The van der Waals surface area contributed by atoms with Crippen LogP contribution in [0.2, 0.25) is 5.02 Å². The highest BCUT2D eigenvalue weighted by molar-refractivity contribution is 9.10. The maximum absolute atomic E-state index is 13.1. The summed E-state index contributed by atoms with van der Waals surface area (Å²) in [5.74, 6) is -0.439. The Labute approximate surface area is 160 Å². The van der Waals surface area contributed by atoms with E-state index in [1.807, 2.05) is 24.3 Å². The summed E-state index contributed by atoms with van der Waals surface area (Å²) in [6.07, 6.45) is 0. The fourth-order valence-corrected chi connectivity index (χ4v) is 6.05. The van der Waals surface area contributed by atoms with Crippen molar-refractivity contribution in [3.05, 3.63) is 63.6 Å². The molecule has 2 aromatic carbocycles. The molecular weight excluding hydrogens is 426 g/mol. The Kier molecular flexibility index (Phi) is 4.95. The number of nitriles is 1. The van der Waals surface area contributed by atoms with Crippen LogP contribution in [0.3, 0.4) is 0 Å². The van der Waals surface area contributed by atoms with Crippen molar-refractivity contribution in [3.8, 4) is 6.07 Å². The van der Waals surface area contributed by atoms with Gasteiger partial charge in [-0.05, 0) is 42.0 Å². The Balaban J connectivity index is 2.07. The smallest absolute Gasteiger partial charge is 0.183 e. The van der Waals surface area contributed by atoms with Crippen LogP contribution >= 0.6 is 27.5 Å². The fourth-order valence-electron chi connectivity index (χ4n) is 3.35. The first kappa shape index (κ1) is 18.4. The van der Waals surface area contributed by atoms with E-state index in [2.05, 4.69) is 22.0 Å². The van der Waals surface area contributed by atoms with Crippen LogP contribution in [0, 0.1) is 16.7 Å². The van der Waals surface area contributed by atoms with Crippen LogP contribution in [0.25, 0.3) is 0 Å². The molecule has 1 aliphatic carbocycles. The number of hydrogen-bond acceptors (Lipinski definition) is 4. The van der Waals surface area contributed by atoms with E-state index in [1.165, 1.54) is 31.4 Å². The van der Waals surface area contributed by atoms with Crippen molar-refractivity contribution in [1.29, 1.82) is 5.26 Å². The van der Waals surface area contributed by atoms with Gasteiger partial charge in [0.05, 0.1) is 22.8 Å². The van der Waals surface area contributed by atoms with Crippen LogP contribution in [-0.4, -0.2) is 27.4 Å².